The van der Waals surface area contributed by atoms with Gasteiger partial charge in [-0.15, -0.1) is 0 Å². The minimum Gasteiger partial charge on any atom is -0.383 e. The molecule has 2 aromatic heterocycles. The van der Waals surface area contributed by atoms with Crippen molar-refractivity contribution >= 4 is 34.4 Å². The Labute approximate surface area is 120 Å². The average Bonchev–Trinajstić information content (AvgIpc) is 2.87. The molecule has 0 atom stereocenters. The quantitative estimate of drug-likeness (QED) is 0.510. The van der Waals surface area contributed by atoms with Crippen molar-refractivity contribution in [3.63, 3.8) is 0 Å². The van der Waals surface area contributed by atoms with Crippen molar-refractivity contribution in [3.8, 4) is 0 Å². The highest BCUT2D eigenvalue weighted by molar-refractivity contribution is 6.28. The van der Waals surface area contributed by atoms with Gasteiger partial charge in [0.25, 0.3) is 0 Å². The van der Waals surface area contributed by atoms with Crippen molar-refractivity contribution in [2.75, 3.05) is 32.1 Å². The molecule has 2 rings (SSSR count). The van der Waals surface area contributed by atoms with Crippen molar-refractivity contribution in [2.45, 2.75) is 6.42 Å². The minimum absolute atomic E-state index is 0.0573. The van der Waals surface area contributed by atoms with Crippen LogP contribution in [0.2, 0.25) is 5.28 Å². The first-order valence-corrected chi connectivity index (χ1v) is 6.44. The van der Waals surface area contributed by atoms with Crippen LogP contribution in [0.15, 0.2) is 6.20 Å². The van der Waals surface area contributed by atoms with Gasteiger partial charge >= 0.3 is 0 Å². The highest BCUT2D eigenvalue weighted by Crippen LogP contribution is 2.19. The van der Waals surface area contributed by atoms with Crippen LogP contribution in [0.25, 0.3) is 11.0 Å². The number of H-pyrrole nitrogens is 1. The molecule has 8 nitrogen and oxygen atoms in total. The van der Waals surface area contributed by atoms with Gasteiger partial charge in [-0.3, -0.25) is 9.89 Å². The fraction of sp³-hybridized carbons (Fsp3) is 0.455. The molecule has 3 N–H and O–H groups in total. The third kappa shape index (κ3) is 3.78. The smallest absolute Gasteiger partial charge is 0.226 e. The van der Waals surface area contributed by atoms with E-state index in [0.717, 1.165) is 5.39 Å². The lowest BCUT2D eigenvalue weighted by Crippen LogP contribution is -2.28. The molecule has 0 aromatic carbocycles. The van der Waals surface area contributed by atoms with Crippen LogP contribution in [0, 0.1) is 0 Å². The maximum Gasteiger partial charge on any atom is 0.226 e. The van der Waals surface area contributed by atoms with E-state index in [4.69, 9.17) is 16.3 Å². The number of methoxy groups -OCH3 is 1. The maximum atomic E-state index is 11.5. The van der Waals surface area contributed by atoms with Crippen LogP contribution >= 0.6 is 11.6 Å². The van der Waals surface area contributed by atoms with Crippen molar-refractivity contribution < 1.29 is 9.53 Å². The number of amides is 1. The molecule has 2 aromatic rings. The van der Waals surface area contributed by atoms with Crippen LogP contribution in [0.4, 0.5) is 5.82 Å². The SMILES string of the molecule is COCCNC(=O)CCNc1nc(Cl)nc2[nH]ncc12. The Hall–Kier alpha value is -1.93. The second-order valence-corrected chi connectivity index (χ2v) is 4.33. The Bertz CT molecular complexity index is 587. The molecule has 0 fully saturated rings. The number of rotatable bonds is 7. The van der Waals surface area contributed by atoms with E-state index in [1.54, 1.807) is 13.3 Å². The predicted octanol–water partition coefficient (Wildman–Crippen LogP) is 0.571. The van der Waals surface area contributed by atoms with E-state index in [-0.39, 0.29) is 11.2 Å². The van der Waals surface area contributed by atoms with Gasteiger partial charge in [-0.25, -0.2) is 0 Å². The number of fused-ring (bicyclic) bond motifs is 1. The van der Waals surface area contributed by atoms with Gasteiger partial charge < -0.3 is 15.4 Å². The lowest BCUT2D eigenvalue weighted by Gasteiger charge is -2.07. The Kier molecular flexibility index (Phi) is 5.08. The first-order chi connectivity index (χ1) is 9.70. The third-order valence-corrected chi connectivity index (χ3v) is 2.72. The molecule has 0 saturated carbocycles. The van der Waals surface area contributed by atoms with Gasteiger partial charge in [0, 0.05) is 26.6 Å². The third-order valence-electron chi connectivity index (χ3n) is 2.56. The first-order valence-electron chi connectivity index (χ1n) is 6.07. The highest BCUT2D eigenvalue weighted by atomic mass is 35.5. The molecular formula is C11H15ClN6O2. The second kappa shape index (κ2) is 7.01. The summed E-state index contributed by atoms with van der Waals surface area (Å²) in [6, 6.07) is 0. The molecule has 108 valence electrons. The number of halogens is 1. The van der Waals surface area contributed by atoms with Crippen LogP contribution in [-0.4, -0.2) is 52.9 Å². The van der Waals surface area contributed by atoms with Crippen molar-refractivity contribution in [1.82, 2.24) is 25.5 Å². The van der Waals surface area contributed by atoms with E-state index < -0.39 is 0 Å². The molecule has 0 aliphatic carbocycles. The second-order valence-electron chi connectivity index (χ2n) is 3.99. The van der Waals surface area contributed by atoms with Crippen molar-refractivity contribution in [2.24, 2.45) is 0 Å². The Morgan fingerprint density at radius 3 is 3.10 bits per heavy atom. The van der Waals surface area contributed by atoms with E-state index in [9.17, 15) is 4.79 Å². The Morgan fingerprint density at radius 1 is 1.45 bits per heavy atom. The van der Waals surface area contributed by atoms with Gasteiger partial charge in [-0.1, -0.05) is 0 Å². The fourth-order valence-corrected chi connectivity index (χ4v) is 1.79. The van der Waals surface area contributed by atoms with Crippen LogP contribution in [0.3, 0.4) is 0 Å². The molecule has 1 amide bonds. The van der Waals surface area contributed by atoms with Crippen molar-refractivity contribution in [3.05, 3.63) is 11.5 Å². The number of aromatic amines is 1. The zero-order valence-corrected chi connectivity index (χ0v) is 11.7. The molecule has 20 heavy (non-hydrogen) atoms. The molecule has 0 unspecified atom stereocenters. The van der Waals surface area contributed by atoms with E-state index in [1.807, 2.05) is 0 Å². The number of ether oxygens (including phenoxy) is 1. The lowest BCUT2D eigenvalue weighted by molar-refractivity contribution is -0.121. The van der Waals surface area contributed by atoms with Gasteiger partial charge in [0.15, 0.2) is 5.65 Å². The number of nitrogens with zero attached hydrogens (tertiary/aromatic N) is 3. The number of hydrogen-bond donors (Lipinski definition) is 3. The minimum atomic E-state index is -0.0573. The number of hydrogen-bond acceptors (Lipinski definition) is 6. The number of carbonyl (C=O) groups is 1. The van der Waals surface area contributed by atoms with Crippen LogP contribution in [0.5, 0.6) is 0 Å². The topological polar surface area (TPSA) is 105 Å². The fourth-order valence-electron chi connectivity index (χ4n) is 1.62. The molecule has 2 heterocycles. The van der Waals surface area contributed by atoms with Gasteiger partial charge in [0.2, 0.25) is 11.2 Å². The molecule has 0 radical (unpaired) electrons. The van der Waals surface area contributed by atoms with Gasteiger partial charge in [0.05, 0.1) is 18.2 Å². The number of anilines is 1. The average molecular weight is 299 g/mol. The largest absolute Gasteiger partial charge is 0.383 e. The number of nitrogens with one attached hydrogen (secondary N) is 3. The zero-order chi connectivity index (χ0) is 14.4. The summed E-state index contributed by atoms with van der Waals surface area (Å²) in [4.78, 5) is 19.6. The zero-order valence-electron chi connectivity index (χ0n) is 10.9. The van der Waals surface area contributed by atoms with Gasteiger partial charge in [-0.2, -0.15) is 15.1 Å². The molecular weight excluding hydrogens is 284 g/mol. The molecule has 0 aliphatic heterocycles. The summed E-state index contributed by atoms with van der Waals surface area (Å²) in [7, 11) is 1.59. The van der Waals surface area contributed by atoms with Crippen LogP contribution in [0.1, 0.15) is 6.42 Å². The monoisotopic (exact) mass is 298 g/mol. The number of aromatic nitrogens is 4. The lowest BCUT2D eigenvalue weighted by atomic mass is 10.3. The maximum absolute atomic E-state index is 11.5. The van der Waals surface area contributed by atoms with E-state index in [1.165, 1.54) is 0 Å². The van der Waals surface area contributed by atoms with E-state index in [0.29, 0.717) is 37.6 Å². The molecule has 0 bridgehead atoms. The highest BCUT2D eigenvalue weighted by Gasteiger charge is 2.08. The van der Waals surface area contributed by atoms with E-state index in [2.05, 4.69) is 30.8 Å². The summed E-state index contributed by atoms with van der Waals surface area (Å²) < 4.78 is 4.85. The summed E-state index contributed by atoms with van der Waals surface area (Å²) in [5, 5.41) is 13.2. The van der Waals surface area contributed by atoms with Crippen molar-refractivity contribution in [1.29, 1.82) is 0 Å². The standard InChI is InChI=1S/C11H15ClN6O2/c1-20-5-4-13-8(19)2-3-14-9-7-6-15-18-10(7)17-11(12)16-9/h6H,2-5H2,1H3,(H,13,19)(H2,14,15,16,17,18). The van der Waals surface area contributed by atoms with E-state index >= 15 is 0 Å². The summed E-state index contributed by atoms with van der Waals surface area (Å²) >= 11 is 5.80. The summed E-state index contributed by atoms with van der Waals surface area (Å²) in [5.74, 6) is 0.497. The van der Waals surface area contributed by atoms with Crippen LogP contribution < -0.4 is 10.6 Å². The number of carbonyl (C=O) groups excluding carboxylic acids is 1. The predicted molar refractivity (Wildman–Crippen MR) is 74.7 cm³/mol. The molecule has 0 saturated heterocycles. The molecule has 9 heteroatoms. The summed E-state index contributed by atoms with van der Waals surface area (Å²) in [6.45, 7) is 1.43. The molecule has 0 aliphatic rings. The van der Waals surface area contributed by atoms with Gasteiger partial charge in [0.1, 0.15) is 5.82 Å². The Balaban J connectivity index is 1.86. The first kappa shape index (κ1) is 14.5. The Morgan fingerprint density at radius 2 is 2.30 bits per heavy atom. The van der Waals surface area contributed by atoms with Crippen LogP contribution in [-0.2, 0) is 9.53 Å². The normalized spacial score (nSPS) is 10.7. The summed E-state index contributed by atoms with van der Waals surface area (Å²) in [6.07, 6.45) is 1.93. The molecule has 0 spiro atoms. The van der Waals surface area contributed by atoms with Gasteiger partial charge in [-0.05, 0) is 11.6 Å². The summed E-state index contributed by atoms with van der Waals surface area (Å²) in [5.41, 5.74) is 0.553.